The molecule has 0 unspecified atom stereocenters. The normalized spacial score (nSPS) is 10.5. The number of carbonyl (C=O) groups excluding carboxylic acids is 1. The first-order valence-electron chi connectivity index (χ1n) is 3.47. The second-order valence-corrected chi connectivity index (χ2v) is 4.08. The van der Waals surface area contributed by atoms with Crippen LogP contribution in [-0.2, 0) is 14.8 Å². The Labute approximate surface area is 76.0 Å². The zero-order chi connectivity index (χ0) is 9.90. The molecule has 0 saturated heterocycles. The van der Waals surface area contributed by atoms with Crippen molar-refractivity contribution < 1.29 is 13.2 Å². The number of sulfonamides is 1. The smallest absolute Gasteiger partial charge is 0.210 e. The molecular weight excluding hydrogens is 190 g/mol. The third-order valence-corrected chi connectivity index (χ3v) is 2.61. The molecule has 1 aromatic carbocycles. The van der Waals surface area contributed by atoms with E-state index in [-0.39, 0.29) is 4.90 Å². The minimum absolute atomic E-state index is 0.0100. The predicted molar refractivity (Wildman–Crippen MR) is 46.5 cm³/mol. The Bertz CT molecular complexity index is 458. The zero-order valence-electron chi connectivity index (χ0n) is 6.89. The molecule has 5 heteroatoms. The van der Waals surface area contributed by atoms with Crippen LogP contribution in [0.5, 0.6) is 0 Å². The molecule has 0 N–H and O–H groups in total. The lowest BCUT2D eigenvalue weighted by Gasteiger charge is -1.96. The first-order valence-corrected chi connectivity index (χ1v) is 4.91. The summed E-state index contributed by atoms with van der Waals surface area (Å²) >= 11 is 0. The zero-order valence-corrected chi connectivity index (χ0v) is 7.71. The fourth-order valence-electron chi connectivity index (χ4n) is 0.878. The second-order valence-electron chi connectivity index (χ2n) is 2.47. The lowest BCUT2D eigenvalue weighted by atomic mass is 10.2. The van der Waals surface area contributed by atoms with Crippen molar-refractivity contribution in [1.29, 1.82) is 0 Å². The second kappa shape index (κ2) is 3.51. The number of rotatable bonds is 2. The summed E-state index contributed by atoms with van der Waals surface area (Å²) in [4.78, 5) is 9.82. The van der Waals surface area contributed by atoms with Crippen LogP contribution < -0.4 is 0 Å². The van der Waals surface area contributed by atoms with Crippen molar-refractivity contribution in [3.63, 3.8) is 0 Å². The number of hydrogen-bond donors (Lipinski definition) is 0. The SMILES string of the molecule is Cc1cccc(S(=O)(=O)N=C=O)c1. The van der Waals surface area contributed by atoms with Crippen LogP contribution in [0.15, 0.2) is 33.6 Å². The molecule has 0 aliphatic heterocycles. The lowest BCUT2D eigenvalue weighted by Crippen LogP contribution is -1.96. The summed E-state index contributed by atoms with van der Waals surface area (Å²) in [5.41, 5.74) is 0.794. The van der Waals surface area contributed by atoms with Crippen molar-refractivity contribution in [3.05, 3.63) is 29.8 Å². The molecule has 1 rings (SSSR count). The summed E-state index contributed by atoms with van der Waals surface area (Å²) in [5.74, 6) is 0. The van der Waals surface area contributed by atoms with Gasteiger partial charge in [0.15, 0.2) is 0 Å². The fourth-order valence-corrected chi connectivity index (χ4v) is 1.67. The van der Waals surface area contributed by atoms with E-state index in [9.17, 15) is 13.2 Å². The third kappa shape index (κ3) is 2.24. The molecule has 0 aliphatic carbocycles. The van der Waals surface area contributed by atoms with E-state index in [1.54, 1.807) is 19.1 Å². The summed E-state index contributed by atoms with van der Waals surface area (Å²) in [6, 6.07) is 6.16. The first-order chi connectivity index (χ1) is 6.06. The van der Waals surface area contributed by atoms with Crippen molar-refractivity contribution in [2.75, 3.05) is 0 Å². The molecule has 4 nitrogen and oxygen atoms in total. The fraction of sp³-hybridized carbons (Fsp3) is 0.125. The van der Waals surface area contributed by atoms with Gasteiger partial charge in [-0.1, -0.05) is 16.5 Å². The van der Waals surface area contributed by atoms with Crippen molar-refractivity contribution in [3.8, 4) is 0 Å². The van der Waals surface area contributed by atoms with Crippen LogP contribution in [-0.4, -0.2) is 14.5 Å². The molecule has 0 amide bonds. The number of aryl methyl sites for hydroxylation is 1. The lowest BCUT2D eigenvalue weighted by molar-refractivity contribution is 0.563. The maximum Gasteiger partial charge on any atom is 0.292 e. The minimum Gasteiger partial charge on any atom is -0.210 e. The Morgan fingerprint density at radius 3 is 2.62 bits per heavy atom. The minimum atomic E-state index is -3.83. The van der Waals surface area contributed by atoms with Gasteiger partial charge in [0, 0.05) is 0 Å². The predicted octanol–water partition coefficient (Wildman–Crippen LogP) is 1.02. The average Bonchev–Trinajstić information content (AvgIpc) is 2.04. The molecule has 0 saturated carbocycles. The summed E-state index contributed by atoms with van der Waals surface area (Å²) in [7, 11) is -3.83. The molecule has 0 radical (unpaired) electrons. The van der Waals surface area contributed by atoms with E-state index in [4.69, 9.17) is 0 Å². The topological polar surface area (TPSA) is 63.6 Å². The van der Waals surface area contributed by atoms with Gasteiger partial charge in [0.25, 0.3) is 16.1 Å². The highest BCUT2D eigenvalue weighted by Gasteiger charge is 2.11. The van der Waals surface area contributed by atoms with Gasteiger partial charge in [-0.3, -0.25) is 0 Å². The molecule has 13 heavy (non-hydrogen) atoms. The number of hydrogen-bond acceptors (Lipinski definition) is 3. The van der Waals surface area contributed by atoms with E-state index in [2.05, 4.69) is 4.40 Å². The van der Waals surface area contributed by atoms with Gasteiger partial charge in [-0.25, -0.2) is 4.79 Å². The maximum absolute atomic E-state index is 11.2. The Morgan fingerprint density at radius 1 is 1.38 bits per heavy atom. The Balaban J connectivity index is 3.31. The van der Waals surface area contributed by atoms with Crippen LogP contribution in [0, 0.1) is 6.92 Å². The summed E-state index contributed by atoms with van der Waals surface area (Å²) < 4.78 is 25.0. The number of nitrogens with zero attached hydrogens (tertiary/aromatic N) is 1. The van der Waals surface area contributed by atoms with Crippen LogP contribution >= 0.6 is 0 Å². The molecule has 1 aromatic rings. The highest BCUT2D eigenvalue weighted by molar-refractivity contribution is 7.90. The van der Waals surface area contributed by atoms with Crippen LogP contribution in [0.4, 0.5) is 0 Å². The molecule has 0 heterocycles. The van der Waals surface area contributed by atoms with Crippen LogP contribution in [0.25, 0.3) is 0 Å². The average molecular weight is 197 g/mol. The van der Waals surface area contributed by atoms with E-state index < -0.39 is 10.0 Å². The quantitative estimate of drug-likeness (QED) is 0.525. The highest BCUT2D eigenvalue weighted by atomic mass is 32.2. The van der Waals surface area contributed by atoms with E-state index >= 15 is 0 Å². The van der Waals surface area contributed by atoms with E-state index in [0.717, 1.165) is 11.6 Å². The van der Waals surface area contributed by atoms with Gasteiger partial charge < -0.3 is 0 Å². The number of isocyanates is 1. The highest BCUT2D eigenvalue weighted by Crippen LogP contribution is 2.12. The van der Waals surface area contributed by atoms with Crippen molar-refractivity contribution in [2.24, 2.45) is 4.40 Å². The van der Waals surface area contributed by atoms with E-state index in [1.165, 1.54) is 12.1 Å². The third-order valence-electron chi connectivity index (χ3n) is 1.44. The maximum atomic E-state index is 11.2. The van der Waals surface area contributed by atoms with Gasteiger partial charge in [0.2, 0.25) is 0 Å². The van der Waals surface area contributed by atoms with Gasteiger partial charge in [-0.15, -0.1) is 0 Å². The van der Waals surface area contributed by atoms with Gasteiger partial charge in [-0.2, -0.15) is 8.42 Å². The molecular formula is C8H7NO3S. The molecule has 0 aliphatic rings. The summed E-state index contributed by atoms with van der Waals surface area (Å²) in [6.45, 7) is 1.75. The molecule has 0 spiro atoms. The molecule has 0 aromatic heterocycles. The summed E-state index contributed by atoms with van der Waals surface area (Å²) in [6.07, 6.45) is 1.01. The largest absolute Gasteiger partial charge is 0.292 e. The van der Waals surface area contributed by atoms with Crippen LogP contribution in [0.1, 0.15) is 5.56 Å². The van der Waals surface area contributed by atoms with Crippen molar-refractivity contribution in [1.82, 2.24) is 0 Å². The Kier molecular flexibility index (Phi) is 2.60. The molecule has 0 bridgehead atoms. The first kappa shape index (κ1) is 9.64. The van der Waals surface area contributed by atoms with Crippen molar-refractivity contribution in [2.45, 2.75) is 11.8 Å². The van der Waals surface area contributed by atoms with E-state index in [1.807, 2.05) is 0 Å². The molecule has 0 fully saturated rings. The van der Waals surface area contributed by atoms with E-state index in [0.29, 0.717) is 0 Å². The summed E-state index contributed by atoms with van der Waals surface area (Å²) in [5, 5.41) is 0. The molecule has 68 valence electrons. The Hall–Kier alpha value is -1.45. The van der Waals surface area contributed by atoms with Crippen LogP contribution in [0.2, 0.25) is 0 Å². The van der Waals surface area contributed by atoms with Crippen LogP contribution in [0.3, 0.4) is 0 Å². The Morgan fingerprint density at radius 2 is 2.08 bits per heavy atom. The number of benzene rings is 1. The molecule has 0 atom stereocenters. The van der Waals surface area contributed by atoms with Gasteiger partial charge >= 0.3 is 0 Å². The van der Waals surface area contributed by atoms with Crippen molar-refractivity contribution >= 4 is 16.1 Å². The van der Waals surface area contributed by atoms with Gasteiger partial charge in [-0.05, 0) is 24.6 Å². The van der Waals surface area contributed by atoms with Gasteiger partial charge in [0.1, 0.15) is 0 Å². The van der Waals surface area contributed by atoms with Gasteiger partial charge in [0.05, 0.1) is 4.90 Å². The standard InChI is InChI=1S/C8H7NO3S/c1-7-3-2-4-8(5-7)13(11,12)9-6-10/h2-5H,1H3. The monoisotopic (exact) mass is 197 g/mol.